The predicted molar refractivity (Wildman–Crippen MR) is 206 cm³/mol. The molecule has 0 aliphatic carbocycles. The van der Waals surface area contributed by atoms with Crippen molar-refractivity contribution in [2.75, 3.05) is 0 Å². The summed E-state index contributed by atoms with van der Waals surface area (Å²) in [6, 6.07) is 62.5. The van der Waals surface area contributed by atoms with Gasteiger partial charge >= 0.3 is 0 Å². The highest BCUT2D eigenvalue weighted by molar-refractivity contribution is 7.20. The van der Waals surface area contributed by atoms with Crippen LogP contribution < -0.4 is 20.7 Å². The minimum absolute atomic E-state index is 0.511. The maximum Gasteiger partial charge on any atom is 0.210 e. The van der Waals surface area contributed by atoms with Gasteiger partial charge in [0.2, 0.25) is 5.69 Å². The SMILES string of the molecule is [C-]#[N+]c1ccc(-c2cccc(C#N)c2[Si](c2ccccc2)(c2ccccc2)c2ccccc2)cc1-n1c2ccccc2c2cc(C#N)ccc21. The Hall–Kier alpha value is -6.97. The summed E-state index contributed by atoms with van der Waals surface area (Å²) in [4.78, 5) is 3.99. The molecule has 0 amide bonds. The van der Waals surface area contributed by atoms with E-state index in [0.717, 1.165) is 43.8 Å². The van der Waals surface area contributed by atoms with Crippen LogP contribution in [-0.2, 0) is 0 Å². The fourth-order valence-electron chi connectivity index (χ4n) is 7.55. The van der Waals surface area contributed by atoms with E-state index in [2.05, 4.69) is 119 Å². The Balaban J connectivity index is 1.49. The monoisotopic (exact) mass is 652 g/mol. The molecule has 1 heterocycles. The summed E-state index contributed by atoms with van der Waals surface area (Å²) in [6.45, 7) is 8.22. The van der Waals surface area contributed by atoms with E-state index in [0.29, 0.717) is 16.8 Å². The topological polar surface area (TPSA) is 56.9 Å². The summed E-state index contributed by atoms with van der Waals surface area (Å²) in [5, 5.41) is 27.1. The lowest BCUT2D eigenvalue weighted by Crippen LogP contribution is -2.75. The molecule has 0 aliphatic rings. The average Bonchev–Trinajstić information content (AvgIpc) is 3.52. The second-order valence-electron chi connectivity index (χ2n) is 12.2. The van der Waals surface area contributed by atoms with Gasteiger partial charge in [0.15, 0.2) is 8.07 Å². The molecule has 8 aromatic rings. The Labute approximate surface area is 291 Å². The maximum absolute atomic E-state index is 10.9. The quantitative estimate of drug-likeness (QED) is 0.104. The molecule has 0 N–H and O–H groups in total. The van der Waals surface area contributed by atoms with E-state index in [1.165, 1.54) is 15.6 Å². The molecule has 0 unspecified atom stereocenters. The Morgan fingerprint density at radius 2 is 1.14 bits per heavy atom. The van der Waals surface area contributed by atoms with Crippen LogP contribution in [0.25, 0.3) is 43.5 Å². The van der Waals surface area contributed by atoms with Crippen LogP contribution in [0.1, 0.15) is 11.1 Å². The first-order valence-corrected chi connectivity index (χ1v) is 18.3. The number of hydrogen-bond acceptors (Lipinski definition) is 2. The second-order valence-corrected chi connectivity index (χ2v) is 15.9. The minimum Gasteiger partial charge on any atom is -0.319 e. The average molecular weight is 653 g/mol. The van der Waals surface area contributed by atoms with Gasteiger partial charge in [-0.1, -0.05) is 133 Å². The van der Waals surface area contributed by atoms with Gasteiger partial charge < -0.3 is 4.57 Å². The van der Waals surface area contributed by atoms with Crippen molar-refractivity contribution in [3.8, 4) is 29.0 Å². The van der Waals surface area contributed by atoms with Crippen LogP contribution in [0.3, 0.4) is 0 Å². The van der Waals surface area contributed by atoms with Crippen molar-refractivity contribution in [3.05, 3.63) is 192 Å². The van der Waals surface area contributed by atoms with E-state index >= 15 is 0 Å². The van der Waals surface area contributed by atoms with Crippen LogP contribution in [0.2, 0.25) is 0 Å². The van der Waals surface area contributed by atoms with Gasteiger partial charge in [0.1, 0.15) is 0 Å². The Kier molecular flexibility index (Phi) is 7.63. The number of aromatic nitrogens is 1. The van der Waals surface area contributed by atoms with Crippen molar-refractivity contribution in [2.24, 2.45) is 0 Å². The van der Waals surface area contributed by atoms with Crippen LogP contribution in [-0.4, -0.2) is 12.6 Å². The van der Waals surface area contributed by atoms with Gasteiger partial charge in [-0.3, -0.25) is 0 Å². The number of nitriles is 2. The first kappa shape index (κ1) is 30.4. The van der Waals surface area contributed by atoms with E-state index in [4.69, 9.17) is 6.57 Å². The summed E-state index contributed by atoms with van der Waals surface area (Å²) in [7, 11) is -3.12. The summed E-state index contributed by atoms with van der Waals surface area (Å²) in [5.74, 6) is 0. The van der Waals surface area contributed by atoms with Crippen molar-refractivity contribution in [1.29, 1.82) is 10.5 Å². The van der Waals surface area contributed by atoms with E-state index < -0.39 is 8.07 Å². The summed E-state index contributed by atoms with van der Waals surface area (Å²) < 4.78 is 2.13. The molecule has 4 nitrogen and oxygen atoms in total. The van der Waals surface area contributed by atoms with Crippen molar-refractivity contribution >= 4 is 56.3 Å². The molecule has 5 heteroatoms. The second kappa shape index (κ2) is 12.6. The first-order valence-electron chi connectivity index (χ1n) is 16.3. The van der Waals surface area contributed by atoms with Gasteiger partial charge in [0.25, 0.3) is 0 Å². The molecule has 0 saturated heterocycles. The van der Waals surface area contributed by atoms with Crippen molar-refractivity contribution in [2.45, 2.75) is 0 Å². The Morgan fingerprint density at radius 3 is 1.74 bits per heavy atom. The van der Waals surface area contributed by atoms with E-state index in [1.807, 2.05) is 72.8 Å². The number of para-hydroxylation sites is 1. The number of nitrogens with zero attached hydrogens (tertiary/aromatic N) is 4. The molecule has 0 fully saturated rings. The molecular formula is C45H28N4Si. The first-order chi connectivity index (χ1) is 24.7. The van der Waals surface area contributed by atoms with Crippen LogP contribution in [0, 0.1) is 29.2 Å². The molecule has 0 atom stereocenters. The molecule has 0 bridgehead atoms. The third kappa shape index (κ3) is 4.72. The predicted octanol–water partition coefficient (Wildman–Crippen LogP) is 8.12. The lowest BCUT2D eigenvalue weighted by atomic mass is 10.0. The van der Waals surface area contributed by atoms with Crippen LogP contribution in [0.15, 0.2) is 170 Å². The van der Waals surface area contributed by atoms with Crippen LogP contribution >= 0.6 is 0 Å². The van der Waals surface area contributed by atoms with Gasteiger partial charge in [0.05, 0.1) is 46.6 Å². The number of benzene rings is 7. The fraction of sp³-hybridized carbons (Fsp3) is 0. The van der Waals surface area contributed by atoms with Gasteiger partial charge in [0, 0.05) is 10.8 Å². The molecule has 0 radical (unpaired) electrons. The fourth-order valence-corrected chi connectivity index (χ4v) is 12.7. The maximum atomic E-state index is 10.9. The molecule has 0 saturated carbocycles. The summed E-state index contributed by atoms with van der Waals surface area (Å²) in [6.07, 6.45) is 0. The zero-order valence-corrected chi connectivity index (χ0v) is 28.0. The molecule has 0 spiro atoms. The molecule has 7 aromatic carbocycles. The molecule has 8 rings (SSSR count). The Bertz CT molecular complexity index is 2580. The molecular weight excluding hydrogens is 625 g/mol. The van der Waals surface area contributed by atoms with Crippen LogP contribution in [0.5, 0.6) is 0 Å². The highest BCUT2D eigenvalue weighted by Gasteiger charge is 2.44. The van der Waals surface area contributed by atoms with E-state index in [1.54, 1.807) is 0 Å². The Morgan fingerprint density at radius 1 is 0.540 bits per heavy atom. The third-order valence-electron chi connectivity index (χ3n) is 9.63. The molecule has 0 aliphatic heterocycles. The van der Waals surface area contributed by atoms with Crippen molar-refractivity contribution < 1.29 is 0 Å². The zero-order valence-electron chi connectivity index (χ0n) is 27.0. The van der Waals surface area contributed by atoms with Crippen molar-refractivity contribution in [3.63, 3.8) is 0 Å². The van der Waals surface area contributed by atoms with Gasteiger partial charge in [-0.05, 0) is 68.3 Å². The standard InChI is InChI=1S/C45H28N4Si/c1-48-41-26-25-33(29-44(41)49-42-23-12-11-21-39(42)40-28-32(30-46)24-27-43(40)49)38-22-13-14-34(31-47)45(38)50(35-15-5-2-6-16-35,36-17-7-3-8-18-36)37-19-9-4-10-20-37/h2-29H. The molecule has 1 aromatic heterocycles. The molecule has 232 valence electrons. The highest BCUT2D eigenvalue weighted by atomic mass is 28.3. The van der Waals surface area contributed by atoms with Gasteiger partial charge in [-0.15, -0.1) is 0 Å². The highest BCUT2D eigenvalue weighted by Crippen LogP contribution is 2.38. The number of rotatable bonds is 6. The minimum atomic E-state index is -3.12. The number of hydrogen-bond donors (Lipinski definition) is 0. The zero-order chi connectivity index (χ0) is 34.1. The van der Waals surface area contributed by atoms with Gasteiger partial charge in [-0.25, -0.2) is 4.85 Å². The smallest absolute Gasteiger partial charge is 0.210 e. The van der Waals surface area contributed by atoms with Crippen molar-refractivity contribution in [1.82, 2.24) is 4.57 Å². The van der Waals surface area contributed by atoms with E-state index in [9.17, 15) is 10.5 Å². The molecule has 50 heavy (non-hydrogen) atoms. The van der Waals surface area contributed by atoms with Crippen LogP contribution in [0.4, 0.5) is 5.69 Å². The summed E-state index contributed by atoms with van der Waals surface area (Å²) in [5.41, 5.74) is 6.21. The van der Waals surface area contributed by atoms with E-state index in [-0.39, 0.29) is 0 Å². The lowest BCUT2D eigenvalue weighted by Gasteiger charge is -2.36. The normalized spacial score (nSPS) is 11.1. The largest absolute Gasteiger partial charge is 0.319 e. The van der Waals surface area contributed by atoms with Gasteiger partial charge in [-0.2, -0.15) is 10.5 Å². The number of fused-ring (bicyclic) bond motifs is 3. The third-order valence-corrected chi connectivity index (χ3v) is 14.5. The summed E-state index contributed by atoms with van der Waals surface area (Å²) >= 11 is 0. The lowest BCUT2D eigenvalue weighted by molar-refractivity contribution is 1.19.